The van der Waals surface area contributed by atoms with Crippen LogP contribution in [0.4, 0.5) is 0 Å². The number of nitrogens with two attached hydrogens (primary N) is 1. The second-order valence-corrected chi connectivity index (χ2v) is 4.12. The molecule has 0 spiro atoms. The minimum Gasteiger partial charge on any atom is -0.369 e. The molecule has 4 nitrogen and oxygen atoms in total. The van der Waals surface area contributed by atoms with E-state index in [4.69, 9.17) is 10.5 Å². The van der Waals surface area contributed by atoms with E-state index >= 15 is 0 Å². The van der Waals surface area contributed by atoms with Crippen LogP contribution in [0, 0.1) is 13.8 Å². The molecule has 1 unspecified atom stereocenters. The molecule has 1 atom stereocenters. The minimum absolute atomic E-state index is 0.0429. The van der Waals surface area contributed by atoms with Crippen LogP contribution >= 0.6 is 0 Å². The van der Waals surface area contributed by atoms with Crippen molar-refractivity contribution < 1.29 is 4.74 Å². The van der Waals surface area contributed by atoms with Crippen molar-refractivity contribution in [3.8, 4) is 0 Å². The average molecular weight is 211 g/mol. The molecule has 1 aromatic rings. The first-order valence-electron chi connectivity index (χ1n) is 5.33. The molecular weight excluding hydrogens is 190 g/mol. The summed E-state index contributed by atoms with van der Waals surface area (Å²) in [6.07, 6.45) is 0.135. The largest absolute Gasteiger partial charge is 0.369 e. The van der Waals surface area contributed by atoms with E-state index < -0.39 is 0 Å². The normalized spacial score (nSPS) is 13.5. The van der Waals surface area contributed by atoms with Gasteiger partial charge in [-0.3, -0.25) is 4.68 Å². The van der Waals surface area contributed by atoms with Crippen LogP contribution in [0.3, 0.4) is 0 Å². The summed E-state index contributed by atoms with van der Waals surface area (Å²) in [6, 6.07) is 0. The summed E-state index contributed by atoms with van der Waals surface area (Å²) in [6.45, 7) is 8.56. The van der Waals surface area contributed by atoms with Gasteiger partial charge in [-0.1, -0.05) is 0 Å². The number of hydrogen-bond acceptors (Lipinski definition) is 3. The predicted molar refractivity (Wildman–Crippen MR) is 60.7 cm³/mol. The van der Waals surface area contributed by atoms with E-state index in [1.165, 1.54) is 0 Å². The molecule has 0 amide bonds. The van der Waals surface area contributed by atoms with Gasteiger partial charge in [-0.15, -0.1) is 0 Å². The molecule has 0 bridgehead atoms. The first-order valence-corrected chi connectivity index (χ1v) is 5.33. The van der Waals surface area contributed by atoms with E-state index in [9.17, 15) is 0 Å². The molecule has 1 rings (SSSR count). The summed E-state index contributed by atoms with van der Waals surface area (Å²) in [5, 5.41) is 4.37. The van der Waals surface area contributed by atoms with Gasteiger partial charge in [0.15, 0.2) is 0 Å². The maximum atomic E-state index is 5.78. The number of aromatic nitrogens is 2. The lowest BCUT2D eigenvalue weighted by molar-refractivity contribution is 0.0112. The molecule has 0 aromatic carbocycles. The highest BCUT2D eigenvalue weighted by molar-refractivity contribution is 5.27. The van der Waals surface area contributed by atoms with Crippen LogP contribution in [-0.2, 0) is 11.8 Å². The van der Waals surface area contributed by atoms with Crippen LogP contribution in [0.2, 0.25) is 0 Å². The topological polar surface area (TPSA) is 53.1 Å². The molecule has 0 aliphatic rings. The van der Waals surface area contributed by atoms with Crippen molar-refractivity contribution in [3.63, 3.8) is 0 Å². The van der Waals surface area contributed by atoms with E-state index in [0.29, 0.717) is 6.54 Å². The number of rotatable bonds is 4. The van der Waals surface area contributed by atoms with Crippen molar-refractivity contribution in [1.82, 2.24) is 9.78 Å². The molecule has 4 heteroatoms. The fourth-order valence-corrected chi connectivity index (χ4v) is 1.83. The average Bonchev–Trinajstić information content (AvgIpc) is 2.38. The molecule has 0 fully saturated rings. The highest BCUT2D eigenvalue weighted by atomic mass is 16.5. The molecule has 0 aliphatic heterocycles. The van der Waals surface area contributed by atoms with Gasteiger partial charge in [0.2, 0.25) is 0 Å². The second-order valence-electron chi connectivity index (χ2n) is 4.12. The Morgan fingerprint density at radius 1 is 1.40 bits per heavy atom. The fourth-order valence-electron chi connectivity index (χ4n) is 1.83. The zero-order valence-electron chi connectivity index (χ0n) is 10.2. The Morgan fingerprint density at radius 3 is 2.33 bits per heavy atom. The summed E-state index contributed by atoms with van der Waals surface area (Å²) in [5.74, 6) is 0. The van der Waals surface area contributed by atoms with Gasteiger partial charge in [0.1, 0.15) is 0 Å². The van der Waals surface area contributed by atoms with Gasteiger partial charge in [0.25, 0.3) is 0 Å². The standard InChI is InChI=1S/C11H21N3O/c1-7(2)15-10(6-12)11-8(3)13-14(5)9(11)4/h7,10H,6,12H2,1-5H3. The summed E-state index contributed by atoms with van der Waals surface area (Å²) < 4.78 is 7.65. The molecule has 15 heavy (non-hydrogen) atoms. The molecule has 1 heterocycles. The van der Waals surface area contributed by atoms with Crippen molar-refractivity contribution in [1.29, 1.82) is 0 Å². The Morgan fingerprint density at radius 2 is 2.00 bits per heavy atom. The Bertz CT molecular complexity index is 331. The van der Waals surface area contributed by atoms with Crippen LogP contribution in [0.25, 0.3) is 0 Å². The van der Waals surface area contributed by atoms with Crippen molar-refractivity contribution in [2.24, 2.45) is 12.8 Å². The first-order chi connectivity index (χ1) is 6.97. The lowest BCUT2D eigenvalue weighted by atomic mass is 10.1. The monoisotopic (exact) mass is 211 g/mol. The van der Waals surface area contributed by atoms with Crippen LogP contribution in [0.15, 0.2) is 0 Å². The summed E-state index contributed by atoms with van der Waals surface area (Å²) >= 11 is 0. The number of ether oxygens (including phenoxy) is 1. The zero-order valence-corrected chi connectivity index (χ0v) is 10.2. The van der Waals surface area contributed by atoms with Crippen molar-refractivity contribution >= 4 is 0 Å². The van der Waals surface area contributed by atoms with Gasteiger partial charge in [-0.25, -0.2) is 0 Å². The van der Waals surface area contributed by atoms with Gasteiger partial charge >= 0.3 is 0 Å². The third-order valence-electron chi connectivity index (χ3n) is 2.54. The molecule has 2 N–H and O–H groups in total. The summed E-state index contributed by atoms with van der Waals surface area (Å²) in [5.41, 5.74) is 9.01. The van der Waals surface area contributed by atoms with Gasteiger partial charge in [-0.2, -0.15) is 5.10 Å². The lowest BCUT2D eigenvalue weighted by Gasteiger charge is -2.19. The molecule has 0 saturated heterocycles. The maximum absolute atomic E-state index is 5.78. The maximum Gasteiger partial charge on any atom is 0.0986 e. The van der Waals surface area contributed by atoms with Crippen LogP contribution in [0.5, 0.6) is 0 Å². The van der Waals surface area contributed by atoms with Crippen LogP contribution in [-0.4, -0.2) is 22.4 Å². The highest BCUT2D eigenvalue weighted by Crippen LogP contribution is 2.24. The Kier molecular flexibility index (Phi) is 3.88. The molecule has 86 valence electrons. The van der Waals surface area contributed by atoms with E-state index in [2.05, 4.69) is 5.10 Å². The van der Waals surface area contributed by atoms with Crippen LogP contribution in [0.1, 0.15) is 36.9 Å². The number of nitrogens with zero attached hydrogens (tertiary/aromatic N) is 2. The number of hydrogen-bond donors (Lipinski definition) is 1. The van der Waals surface area contributed by atoms with E-state index in [1.54, 1.807) is 0 Å². The lowest BCUT2D eigenvalue weighted by Crippen LogP contribution is -2.20. The van der Waals surface area contributed by atoms with Gasteiger partial charge in [-0.05, 0) is 27.7 Å². The highest BCUT2D eigenvalue weighted by Gasteiger charge is 2.20. The predicted octanol–water partition coefficient (Wildman–Crippen LogP) is 1.46. The van der Waals surface area contributed by atoms with Crippen molar-refractivity contribution in [2.75, 3.05) is 6.54 Å². The first kappa shape index (κ1) is 12.2. The molecule has 0 aliphatic carbocycles. The Balaban J connectivity index is 3.00. The zero-order chi connectivity index (χ0) is 11.6. The van der Waals surface area contributed by atoms with Gasteiger partial charge < -0.3 is 10.5 Å². The molecule has 0 saturated carbocycles. The fraction of sp³-hybridized carbons (Fsp3) is 0.727. The van der Waals surface area contributed by atoms with Crippen molar-refractivity contribution in [3.05, 3.63) is 17.0 Å². The van der Waals surface area contributed by atoms with E-state index in [1.807, 2.05) is 39.4 Å². The van der Waals surface area contributed by atoms with E-state index in [0.717, 1.165) is 17.0 Å². The van der Waals surface area contributed by atoms with Gasteiger partial charge in [0.05, 0.1) is 17.9 Å². The van der Waals surface area contributed by atoms with E-state index in [-0.39, 0.29) is 12.2 Å². The smallest absolute Gasteiger partial charge is 0.0986 e. The molecule has 0 radical (unpaired) electrons. The van der Waals surface area contributed by atoms with Gasteiger partial charge in [0, 0.05) is 24.8 Å². The third kappa shape index (κ3) is 2.58. The van der Waals surface area contributed by atoms with Crippen molar-refractivity contribution in [2.45, 2.75) is 39.9 Å². The minimum atomic E-state index is -0.0429. The summed E-state index contributed by atoms with van der Waals surface area (Å²) in [7, 11) is 1.94. The summed E-state index contributed by atoms with van der Waals surface area (Å²) in [4.78, 5) is 0. The molecular formula is C11H21N3O. The third-order valence-corrected chi connectivity index (χ3v) is 2.54. The molecule has 1 aromatic heterocycles. The quantitative estimate of drug-likeness (QED) is 0.820. The SMILES string of the molecule is Cc1nn(C)c(C)c1C(CN)OC(C)C. The van der Waals surface area contributed by atoms with Crippen LogP contribution < -0.4 is 5.73 Å². The Labute approximate surface area is 91.4 Å². The Hall–Kier alpha value is -0.870. The number of aryl methyl sites for hydroxylation is 2. The second kappa shape index (κ2) is 4.77.